The molecule has 0 radical (unpaired) electrons. The summed E-state index contributed by atoms with van der Waals surface area (Å²) < 4.78 is 0. The van der Waals surface area contributed by atoms with Crippen molar-refractivity contribution in [2.45, 2.75) is 32.7 Å². The topological polar surface area (TPSA) is 37.0 Å². The Hall–Kier alpha value is -1.91. The molecule has 4 heteroatoms. The van der Waals surface area contributed by atoms with E-state index in [1.807, 2.05) is 0 Å². The van der Waals surface area contributed by atoms with Crippen LogP contribution in [0.1, 0.15) is 26.0 Å². The quantitative estimate of drug-likeness (QED) is 0.644. The van der Waals surface area contributed by atoms with E-state index in [2.05, 4.69) is 72.3 Å². The number of hydrogen-bond acceptors (Lipinski definition) is 4. The first-order valence-electron chi connectivity index (χ1n) is 8.19. The van der Waals surface area contributed by atoms with E-state index in [9.17, 15) is 0 Å². The Balaban J connectivity index is 1.71. The Labute approximate surface area is 141 Å². The van der Waals surface area contributed by atoms with E-state index in [-0.39, 0.29) is 0 Å². The lowest BCUT2D eigenvalue weighted by Crippen LogP contribution is -2.28. The van der Waals surface area contributed by atoms with Gasteiger partial charge >= 0.3 is 0 Å². The van der Waals surface area contributed by atoms with Gasteiger partial charge in [0.25, 0.3) is 0 Å². The van der Waals surface area contributed by atoms with Gasteiger partial charge in [-0.3, -0.25) is 0 Å². The minimum Gasteiger partial charge on any atom is -0.331 e. The molecule has 3 nitrogen and oxygen atoms in total. The standard InChI is InChI=1S/C19H23N3S/c1-3-11-20-14(2)12-16-13-23-19(21-16)22-18-10-6-8-15-7-4-5-9-17(15)18/h4-10,13-14,20H,3,11-12H2,1-2H3,(H,21,22). The summed E-state index contributed by atoms with van der Waals surface area (Å²) in [6, 6.07) is 15.2. The van der Waals surface area contributed by atoms with Crippen LogP contribution in [0.2, 0.25) is 0 Å². The highest BCUT2D eigenvalue weighted by Gasteiger charge is 2.08. The first kappa shape index (κ1) is 16.0. The van der Waals surface area contributed by atoms with E-state index in [1.54, 1.807) is 11.3 Å². The molecule has 0 amide bonds. The van der Waals surface area contributed by atoms with Crippen molar-refractivity contribution >= 4 is 32.9 Å². The first-order valence-corrected chi connectivity index (χ1v) is 9.07. The Morgan fingerprint density at radius 3 is 2.83 bits per heavy atom. The predicted octanol–water partition coefficient (Wildman–Crippen LogP) is 4.97. The van der Waals surface area contributed by atoms with Crippen LogP contribution >= 0.6 is 11.3 Å². The van der Waals surface area contributed by atoms with Crippen molar-refractivity contribution in [1.82, 2.24) is 10.3 Å². The van der Waals surface area contributed by atoms with Crippen LogP contribution in [-0.2, 0) is 6.42 Å². The predicted molar refractivity (Wildman–Crippen MR) is 101 cm³/mol. The highest BCUT2D eigenvalue weighted by Crippen LogP contribution is 2.28. The van der Waals surface area contributed by atoms with Crippen LogP contribution in [0.3, 0.4) is 0 Å². The fraction of sp³-hybridized carbons (Fsp3) is 0.316. The zero-order valence-corrected chi connectivity index (χ0v) is 14.5. The molecular weight excluding hydrogens is 302 g/mol. The monoisotopic (exact) mass is 325 g/mol. The number of fused-ring (bicyclic) bond motifs is 1. The van der Waals surface area contributed by atoms with Crippen LogP contribution < -0.4 is 10.6 Å². The highest BCUT2D eigenvalue weighted by atomic mass is 32.1. The van der Waals surface area contributed by atoms with Crippen LogP contribution in [0.5, 0.6) is 0 Å². The number of nitrogens with zero attached hydrogens (tertiary/aromatic N) is 1. The van der Waals surface area contributed by atoms with Crippen LogP contribution in [0.25, 0.3) is 10.8 Å². The van der Waals surface area contributed by atoms with Crippen molar-refractivity contribution < 1.29 is 0 Å². The molecular formula is C19H23N3S. The van der Waals surface area contributed by atoms with Gasteiger partial charge in [0, 0.05) is 28.9 Å². The largest absolute Gasteiger partial charge is 0.331 e. The number of thiazole rings is 1. The second kappa shape index (κ2) is 7.57. The van der Waals surface area contributed by atoms with Crippen LogP contribution in [0.4, 0.5) is 10.8 Å². The van der Waals surface area contributed by atoms with Crippen molar-refractivity contribution in [2.75, 3.05) is 11.9 Å². The number of aromatic nitrogens is 1. The fourth-order valence-electron chi connectivity index (χ4n) is 2.68. The van der Waals surface area contributed by atoms with Gasteiger partial charge in [-0.1, -0.05) is 43.3 Å². The summed E-state index contributed by atoms with van der Waals surface area (Å²) in [5, 5.41) is 12.6. The van der Waals surface area contributed by atoms with Crippen molar-refractivity contribution in [1.29, 1.82) is 0 Å². The molecule has 0 aliphatic heterocycles. The maximum Gasteiger partial charge on any atom is 0.187 e. The molecule has 0 aliphatic carbocycles. The van der Waals surface area contributed by atoms with E-state index in [4.69, 9.17) is 4.98 Å². The molecule has 2 aromatic carbocycles. The Bertz CT molecular complexity index is 761. The van der Waals surface area contributed by atoms with Crippen LogP contribution in [-0.4, -0.2) is 17.6 Å². The Morgan fingerprint density at radius 2 is 1.96 bits per heavy atom. The molecule has 0 saturated carbocycles. The maximum atomic E-state index is 4.73. The van der Waals surface area contributed by atoms with Gasteiger partial charge in [-0.05, 0) is 31.3 Å². The lowest BCUT2D eigenvalue weighted by Gasteiger charge is -2.11. The molecule has 1 atom stereocenters. The van der Waals surface area contributed by atoms with Gasteiger partial charge in [-0.25, -0.2) is 4.98 Å². The normalized spacial score (nSPS) is 12.4. The molecule has 2 N–H and O–H groups in total. The maximum absolute atomic E-state index is 4.73. The summed E-state index contributed by atoms with van der Waals surface area (Å²) in [4.78, 5) is 4.73. The number of hydrogen-bond donors (Lipinski definition) is 2. The molecule has 1 unspecified atom stereocenters. The third kappa shape index (κ3) is 4.09. The molecule has 23 heavy (non-hydrogen) atoms. The van der Waals surface area contributed by atoms with Crippen molar-refractivity contribution in [2.24, 2.45) is 0 Å². The summed E-state index contributed by atoms with van der Waals surface area (Å²) in [6.07, 6.45) is 2.13. The van der Waals surface area contributed by atoms with E-state index < -0.39 is 0 Å². The van der Waals surface area contributed by atoms with E-state index in [0.717, 1.165) is 35.9 Å². The number of benzene rings is 2. The molecule has 120 valence electrons. The third-order valence-electron chi connectivity index (χ3n) is 3.84. The number of nitrogens with one attached hydrogen (secondary N) is 2. The van der Waals surface area contributed by atoms with Crippen molar-refractivity contribution in [3.8, 4) is 0 Å². The SMILES string of the molecule is CCCNC(C)Cc1csc(Nc2cccc3ccccc23)n1. The molecule has 0 fully saturated rings. The second-order valence-electron chi connectivity index (χ2n) is 5.86. The second-order valence-corrected chi connectivity index (χ2v) is 6.71. The number of anilines is 2. The van der Waals surface area contributed by atoms with Crippen LogP contribution in [0.15, 0.2) is 47.8 Å². The summed E-state index contributed by atoms with van der Waals surface area (Å²) in [5.74, 6) is 0. The first-order chi connectivity index (χ1) is 11.3. The van der Waals surface area contributed by atoms with E-state index >= 15 is 0 Å². The summed E-state index contributed by atoms with van der Waals surface area (Å²) in [5.41, 5.74) is 2.26. The fourth-order valence-corrected chi connectivity index (χ4v) is 3.42. The summed E-state index contributed by atoms with van der Waals surface area (Å²) in [6.45, 7) is 5.47. The molecule has 1 aromatic heterocycles. The molecule has 1 heterocycles. The zero-order valence-electron chi connectivity index (χ0n) is 13.7. The zero-order chi connectivity index (χ0) is 16.1. The van der Waals surface area contributed by atoms with E-state index in [1.165, 1.54) is 10.8 Å². The molecule has 0 aliphatic rings. The van der Waals surface area contributed by atoms with Gasteiger partial charge in [0.05, 0.1) is 5.69 Å². The summed E-state index contributed by atoms with van der Waals surface area (Å²) >= 11 is 1.67. The molecule has 0 bridgehead atoms. The van der Waals surface area contributed by atoms with Gasteiger partial charge in [0.15, 0.2) is 5.13 Å². The molecule has 0 saturated heterocycles. The van der Waals surface area contributed by atoms with Gasteiger partial charge in [-0.2, -0.15) is 0 Å². The van der Waals surface area contributed by atoms with E-state index in [0.29, 0.717) is 6.04 Å². The number of rotatable bonds is 7. The lowest BCUT2D eigenvalue weighted by molar-refractivity contribution is 0.540. The molecule has 3 rings (SSSR count). The highest BCUT2D eigenvalue weighted by molar-refractivity contribution is 7.13. The molecule has 0 spiro atoms. The summed E-state index contributed by atoms with van der Waals surface area (Å²) in [7, 11) is 0. The van der Waals surface area contributed by atoms with Gasteiger partial charge in [0.2, 0.25) is 0 Å². The van der Waals surface area contributed by atoms with Gasteiger partial charge in [-0.15, -0.1) is 11.3 Å². The molecule has 3 aromatic rings. The average molecular weight is 325 g/mol. The van der Waals surface area contributed by atoms with Crippen molar-refractivity contribution in [3.05, 3.63) is 53.5 Å². The third-order valence-corrected chi connectivity index (χ3v) is 4.65. The lowest BCUT2D eigenvalue weighted by atomic mass is 10.1. The van der Waals surface area contributed by atoms with Gasteiger partial charge in [0.1, 0.15) is 0 Å². The Morgan fingerprint density at radius 1 is 1.13 bits per heavy atom. The Kier molecular flexibility index (Phi) is 5.26. The van der Waals surface area contributed by atoms with Gasteiger partial charge < -0.3 is 10.6 Å². The average Bonchev–Trinajstić information content (AvgIpc) is 3.00. The smallest absolute Gasteiger partial charge is 0.187 e. The minimum atomic E-state index is 0.461. The van der Waals surface area contributed by atoms with Crippen LogP contribution in [0, 0.1) is 0 Å². The minimum absolute atomic E-state index is 0.461. The van der Waals surface area contributed by atoms with Crippen molar-refractivity contribution in [3.63, 3.8) is 0 Å².